The van der Waals surface area contributed by atoms with Gasteiger partial charge in [0.1, 0.15) is 5.52 Å². The number of hydrogen-bond donors (Lipinski definition) is 1. The van der Waals surface area contributed by atoms with Crippen LogP contribution in [-0.2, 0) is 18.8 Å². The largest absolute Gasteiger partial charge is 0.378 e. The molecule has 3 aromatic heterocycles. The number of anilines is 2. The lowest BCUT2D eigenvalue weighted by molar-refractivity contribution is 0.121. The maximum absolute atomic E-state index is 13.3. The molecule has 1 atom stereocenters. The molecule has 1 aliphatic heterocycles. The number of ether oxygens (including phenoxy) is 1. The third kappa shape index (κ3) is 3.81. The molecule has 0 bridgehead atoms. The van der Waals surface area contributed by atoms with Crippen LogP contribution in [0, 0.1) is 6.92 Å². The van der Waals surface area contributed by atoms with Gasteiger partial charge in [0.05, 0.1) is 42.0 Å². The zero-order chi connectivity index (χ0) is 24.0. The summed E-state index contributed by atoms with van der Waals surface area (Å²) in [5, 5.41) is 4.86. The predicted octanol–water partition coefficient (Wildman–Crippen LogP) is 2.50. The van der Waals surface area contributed by atoms with E-state index in [0.717, 1.165) is 22.2 Å². The van der Waals surface area contributed by atoms with Crippen molar-refractivity contribution in [3.8, 4) is 0 Å². The van der Waals surface area contributed by atoms with E-state index < -0.39 is 0 Å². The van der Waals surface area contributed by atoms with Gasteiger partial charge in [-0.2, -0.15) is 0 Å². The van der Waals surface area contributed by atoms with Crippen molar-refractivity contribution in [2.24, 2.45) is 14.1 Å². The second-order valence-electron chi connectivity index (χ2n) is 8.89. The number of aryl methyl sites for hydroxylation is 2. The Morgan fingerprint density at radius 3 is 2.59 bits per heavy atom. The van der Waals surface area contributed by atoms with Crippen LogP contribution in [0.25, 0.3) is 21.8 Å². The molecule has 9 heteroatoms. The van der Waals surface area contributed by atoms with Gasteiger partial charge in [-0.1, -0.05) is 6.07 Å². The van der Waals surface area contributed by atoms with Gasteiger partial charge in [0.15, 0.2) is 0 Å². The van der Waals surface area contributed by atoms with E-state index in [1.807, 2.05) is 32.0 Å². The first-order valence-corrected chi connectivity index (χ1v) is 11.4. The maximum Gasteiger partial charge on any atom is 0.276 e. The highest BCUT2D eigenvalue weighted by molar-refractivity contribution is 5.84. The second-order valence-corrected chi connectivity index (χ2v) is 8.89. The number of hydrogen-bond acceptors (Lipinski definition) is 7. The summed E-state index contributed by atoms with van der Waals surface area (Å²) in [6, 6.07) is 7.62. The average molecular weight is 461 g/mol. The van der Waals surface area contributed by atoms with Crippen molar-refractivity contribution >= 4 is 33.4 Å². The first-order valence-electron chi connectivity index (χ1n) is 11.4. The van der Waals surface area contributed by atoms with Crippen LogP contribution in [0.4, 0.5) is 11.6 Å². The Labute approximate surface area is 196 Å². The predicted molar refractivity (Wildman–Crippen MR) is 134 cm³/mol. The summed E-state index contributed by atoms with van der Waals surface area (Å²) in [6.07, 6.45) is 3.41. The fourth-order valence-electron chi connectivity index (χ4n) is 4.54. The van der Waals surface area contributed by atoms with Crippen molar-refractivity contribution in [2.75, 3.05) is 36.5 Å². The number of aromatic nitrogens is 4. The lowest BCUT2D eigenvalue weighted by Crippen LogP contribution is -2.40. The SMILES string of the molecule is Cc1cc([C@@H](C)Nc2cnc3c(=O)n(C)ccc3c2)c2nc(N3CCOCC3)n(C)c(=O)c2c1. The first kappa shape index (κ1) is 22.1. The van der Waals surface area contributed by atoms with Crippen LogP contribution in [-0.4, -0.2) is 45.4 Å². The monoisotopic (exact) mass is 460 g/mol. The molecule has 0 aliphatic carbocycles. The molecule has 0 spiro atoms. The number of morpholine rings is 1. The number of rotatable bonds is 4. The topological polar surface area (TPSA) is 94.3 Å². The van der Waals surface area contributed by atoms with Gasteiger partial charge in [0.2, 0.25) is 5.95 Å². The minimum atomic E-state index is -0.148. The van der Waals surface area contributed by atoms with Gasteiger partial charge in [-0.15, -0.1) is 0 Å². The highest BCUT2D eigenvalue weighted by Gasteiger charge is 2.21. The van der Waals surface area contributed by atoms with Crippen LogP contribution in [0.2, 0.25) is 0 Å². The summed E-state index contributed by atoms with van der Waals surface area (Å²) in [7, 11) is 3.48. The Balaban J connectivity index is 1.57. The van der Waals surface area contributed by atoms with E-state index in [9.17, 15) is 9.59 Å². The van der Waals surface area contributed by atoms with Crippen molar-refractivity contribution in [1.82, 2.24) is 19.1 Å². The smallest absolute Gasteiger partial charge is 0.276 e. The molecule has 0 saturated carbocycles. The summed E-state index contributed by atoms with van der Waals surface area (Å²) >= 11 is 0. The van der Waals surface area contributed by atoms with Gasteiger partial charge in [-0.25, -0.2) is 9.97 Å². The Hall–Kier alpha value is -3.72. The first-order chi connectivity index (χ1) is 16.3. The summed E-state index contributed by atoms with van der Waals surface area (Å²) < 4.78 is 8.62. The van der Waals surface area contributed by atoms with E-state index in [1.54, 1.807) is 31.1 Å². The lowest BCUT2D eigenvalue weighted by atomic mass is 10.0. The summed E-state index contributed by atoms with van der Waals surface area (Å²) in [6.45, 7) is 6.65. The van der Waals surface area contributed by atoms with Crippen LogP contribution in [0.5, 0.6) is 0 Å². The summed E-state index contributed by atoms with van der Waals surface area (Å²) in [4.78, 5) is 37.1. The number of fused-ring (bicyclic) bond motifs is 2. The minimum Gasteiger partial charge on any atom is -0.378 e. The van der Waals surface area contributed by atoms with Crippen LogP contribution < -0.4 is 21.3 Å². The highest BCUT2D eigenvalue weighted by Crippen LogP contribution is 2.28. The molecule has 176 valence electrons. The van der Waals surface area contributed by atoms with Gasteiger partial charge in [0, 0.05) is 44.3 Å². The van der Waals surface area contributed by atoms with Gasteiger partial charge < -0.3 is 19.5 Å². The van der Waals surface area contributed by atoms with E-state index in [2.05, 4.69) is 21.3 Å². The van der Waals surface area contributed by atoms with E-state index in [1.165, 1.54) is 4.57 Å². The molecule has 0 unspecified atom stereocenters. The fourth-order valence-corrected chi connectivity index (χ4v) is 4.54. The Morgan fingerprint density at radius 1 is 1.06 bits per heavy atom. The molecule has 0 amide bonds. The summed E-state index contributed by atoms with van der Waals surface area (Å²) in [5.41, 5.74) is 3.66. The standard InChI is InChI=1S/C25H28N6O3/c1-15-11-19(16(2)27-18-13-17-5-6-29(3)24(33)21(17)26-14-18)22-20(12-15)23(32)30(4)25(28-22)31-7-9-34-10-8-31/h5-6,11-14,16,27H,7-10H2,1-4H3/t16-/m1/s1. The molecule has 1 aliphatic rings. The molecule has 5 rings (SSSR count). The maximum atomic E-state index is 13.3. The second kappa shape index (κ2) is 8.57. The molecule has 1 aromatic carbocycles. The summed E-state index contributed by atoms with van der Waals surface area (Å²) in [5.74, 6) is 0.654. The Kier molecular flexibility index (Phi) is 5.57. The molecule has 4 heterocycles. The third-order valence-electron chi connectivity index (χ3n) is 6.39. The molecule has 1 saturated heterocycles. The number of nitrogens with one attached hydrogen (secondary N) is 1. The van der Waals surface area contributed by atoms with Crippen molar-refractivity contribution in [2.45, 2.75) is 19.9 Å². The molecule has 9 nitrogen and oxygen atoms in total. The van der Waals surface area contributed by atoms with E-state index in [-0.39, 0.29) is 17.2 Å². The molecule has 34 heavy (non-hydrogen) atoms. The molecule has 1 fully saturated rings. The molecular formula is C25H28N6O3. The van der Waals surface area contributed by atoms with Crippen molar-refractivity contribution in [3.05, 3.63) is 68.5 Å². The molecule has 4 aromatic rings. The van der Waals surface area contributed by atoms with Crippen molar-refractivity contribution in [3.63, 3.8) is 0 Å². The minimum absolute atomic E-state index is 0.0631. The zero-order valence-electron chi connectivity index (χ0n) is 19.8. The quantitative estimate of drug-likeness (QED) is 0.500. The van der Waals surface area contributed by atoms with Crippen LogP contribution in [0.1, 0.15) is 24.1 Å². The molecule has 0 radical (unpaired) electrons. The van der Waals surface area contributed by atoms with Gasteiger partial charge >= 0.3 is 0 Å². The van der Waals surface area contributed by atoms with E-state index in [4.69, 9.17) is 9.72 Å². The lowest BCUT2D eigenvalue weighted by Gasteiger charge is -2.29. The van der Waals surface area contributed by atoms with E-state index >= 15 is 0 Å². The van der Waals surface area contributed by atoms with Gasteiger partial charge in [0.25, 0.3) is 11.1 Å². The average Bonchev–Trinajstić information content (AvgIpc) is 2.84. The fraction of sp³-hybridized carbons (Fsp3) is 0.360. The van der Waals surface area contributed by atoms with Crippen LogP contribution in [0.15, 0.2) is 46.2 Å². The van der Waals surface area contributed by atoms with Crippen molar-refractivity contribution in [1.29, 1.82) is 0 Å². The van der Waals surface area contributed by atoms with Crippen LogP contribution >= 0.6 is 0 Å². The highest BCUT2D eigenvalue weighted by atomic mass is 16.5. The molecule has 1 N–H and O–H groups in total. The third-order valence-corrected chi connectivity index (χ3v) is 6.39. The molecular weight excluding hydrogens is 432 g/mol. The Morgan fingerprint density at radius 2 is 1.82 bits per heavy atom. The Bertz CT molecular complexity index is 1520. The number of pyridine rings is 2. The van der Waals surface area contributed by atoms with E-state index in [0.29, 0.717) is 48.7 Å². The number of benzene rings is 1. The van der Waals surface area contributed by atoms with Gasteiger partial charge in [-0.3, -0.25) is 14.2 Å². The number of nitrogens with zero attached hydrogens (tertiary/aromatic N) is 5. The zero-order valence-corrected chi connectivity index (χ0v) is 19.8. The normalized spacial score (nSPS) is 15.1. The van der Waals surface area contributed by atoms with Crippen LogP contribution in [0.3, 0.4) is 0 Å². The van der Waals surface area contributed by atoms with Crippen molar-refractivity contribution < 1.29 is 4.74 Å². The van der Waals surface area contributed by atoms with Gasteiger partial charge in [-0.05, 0) is 37.6 Å².